The van der Waals surface area contributed by atoms with Crippen LogP contribution in [0.4, 0.5) is 5.82 Å². The smallest absolute Gasteiger partial charge is 0.226 e. The molecule has 0 bridgehead atoms. The predicted octanol–water partition coefficient (Wildman–Crippen LogP) is 4.41. The summed E-state index contributed by atoms with van der Waals surface area (Å²) in [6, 6.07) is 15.3. The van der Waals surface area contributed by atoms with Crippen LogP contribution in [0, 0.1) is 0 Å². The minimum absolute atomic E-state index is 0.195. The van der Waals surface area contributed by atoms with Crippen molar-refractivity contribution >= 4 is 28.5 Å². The number of nitrogens with one attached hydrogen (secondary N) is 2. The molecule has 0 saturated carbocycles. The van der Waals surface area contributed by atoms with Crippen LogP contribution in [-0.4, -0.2) is 19.9 Å². The molecule has 0 unspecified atom stereocenters. The van der Waals surface area contributed by atoms with Crippen LogP contribution in [0.5, 0.6) is 11.6 Å². The summed E-state index contributed by atoms with van der Waals surface area (Å²) in [7, 11) is 0. The van der Waals surface area contributed by atoms with Crippen LogP contribution in [0.1, 0.15) is 5.56 Å². The summed E-state index contributed by atoms with van der Waals surface area (Å²) >= 11 is 5.97. The van der Waals surface area contributed by atoms with Gasteiger partial charge in [0, 0.05) is 25.0 Å². The van der Waals surface area contributed by atoms with Crippen molar-refractivity contribution in [1.29, 1.82) is 0 Å². The molecule has 0 radical (unpaired) electrons. The van der Waals surface area contributed by atoms with E-state index in [2.05, 4.69) is 25.3 Å². The van der Waals surface area contributed by atoms with E-state index in [9.17, 15) is 0 Å². The van der Waals surface area contributed by atoms with Gasteiger partial charge in [-0.15, -0.1) is 0 Å². The fourth-order valence-electron chi connectivity index (χ4n) is 2.46. The number of anilines is 1. The van der Waals surface area contributed by atoms with Crippen molar-refractivity contribution in [3.05, 3.63) is 71.8 Å². The van der Waals surface area contributed by atoms with E-state index >= 15 is 0 Å². The lowest BCUT2D eigenvalue weighted by Crippen LogP contribution is -2.03. The SMILES string of the molecule is Clc1nc(NCc2ccnc(Oc3ccccc3)c2)c2cc[nH]c2n1. The lowest BCUT2D eigenvalue weighted by atomic mass is 10.2. The Morgan fingerprint density at radius 1 is 1.08 bits per heavy atom. The summed E-state index contributed by atoms with van der Waals surface area (Å²) in [5.74, 6) is 1.97. The molecule has 124 valence electrons. The molecule has 0 aliphatic carbocycles. The van der Waals surface area contributed by atoms with Gasteiger partial charge >= 0.3 is 0 Å². The Bertz CT molecular complexity index is 1000. The Labute approximate surface area is 148 Å². The number of ether oxygens (including phenoxy) is 1. The third-order valence-corrected chi connectivity index (χ3v) is 3.78. The fraction of sp³-hybridized carbons (Fsp3) is 0.0556. The second-order valence-corrected chi connectivity index (χ2v) is 5.69. The van der Waals surface area contributed by atoms with Crippen molar-refractivity contribution in [2.24, 2.45) is 0 Å². The zero-order valence-electron chi connectivity index (χ0n) is 13.1. The molecule has 0 spiro atoms. The number of nitrogens with zero attached hydrogens (tertiary/aromatic N) is 3. The van der Waals surface area contributed by atoms with E-state index in [1.165, 1.54) is 0 Å². The van der Waals surface area contributed by atoms with Gasteiger partial charge in [0.25, 0.3) is 0 Å². The largest absolute Gasteiger partial charge is 0.439 e. The van der Waals surface area contributed by atoms with Crippen LogP contribution in [-0.2, 0) is 6.54 Å². The number of aromatic amines is 1. The van der Waals surface area contributed by atoms with Crippen LogP contribution in [0.25, 0.3) is 11.0 Å². The van der Waals surface area contributed by atoms with E-state index in [0.717, 1.165) is 16.7 Å². The Balaban J connectivity index is 1.51. The molecule has 6 nitrogen and oxygen atoms in total. The van der Waals surface area contributed by atoms with Crippen molar-refractivity contribution in [3.63, 3.8) is 0 Å². The Kier molecular flexibility index (Phi) is 4.18. The molecule has 0 aliphatic heterocycles. The molecule has 3 aromatic heterocycles. The number of pyridine rings is 1. The number of hydrogen-bond acceptors (Lipinski definition) is 5. The average Bonchev–Trinajstić information content (AvgIpc) is 3.09. The molecule has 7 heteroatoms. The van der Waals surface area contributed by atoms with E-state index in [1.54, 1.807) is 12.4 Å². The zero-order valence-corrected chi connectivity index (χ0v) is 13.9. The van der Waals surface area contributed by atoms with Crippen LogP contribution in [0.2, 0.25) is 5.28 Å². The van der Waals surface area contributed by atoms with E-state index in [-0.39, 0.29) is 5.28 Å². The summed E-state index contributed by atoms with van der Waals surface area (Å²) in [6.45, 7) is 0.557. The predicted molar refractivity (Wildman–Crippen MR) is 97.0 cm³/mol. The third-order valence-electron chi connectivity index (χ3n) is 3.61. The first kappa shape index (κ1) is 15.4. The Morgan fingerprint density at radius 2 is 1.96 bits per heavy atom. The molecule has 4 rings (SSSR count). The van der Waals surface area contributed by atoms with Gasteiger partial charge in [-0.2, -0.15) is 4.98 Å². The monoisotopic (exact) mass is 351 g/mol. The highest BCUT2D eigenvalue weighted by Crippen LogP contribution is 2.23. The highest BCUT2D eigenvalue weighted by Gasteiger charge is 2.08. The van der Waals surface area contributed by atoms with Gasteiger partial charge in [0.05, 0.1) is 5.39 Å². The molecule has 0 aliphatic rings. The average molecular weight is 352 g/mol. The van der Waals surface area contributed by atoms with Gasteiger partial charge in [0.1, 0.15) is 17.2 Å². The number of benzene rings is 1. The molecular formula is C18H14ClN5O. The molecule has 4 aromatic rings. The molecule has 1 aromatic carbocycles. The van der Waals surface area contributed by atoms with Crippen molar-refractivity contribution < 1.29 is 4.74 Å². The minimum Gasteiger partial charge on any atom is -0.439 e. The zero-order chi connectivity index (χ0) is 17.1. The van der Waals surface area contributed by atoms with Crippen LogP contribution >= 0.6 is 11.6 Å². The number of fused-ring (bicyclic) bond motifs is 1. The standard InChI is InChI=1S/C18H14ClN5O/c19-18-23-16-14(7-9-21-16)17(24-18)22-11-12-6-8-20-15(10-12)25-13-4-2-1-3-5-13/h1-10H,11H2,(H2,21,22,23,24). The van der Waals surface area contributed by atoms with Crippen LogP contribution < -0.4 is 10.1 Å². The maximum atomic E-state index is 5.97. The summed E-state index contributed by atoms with van der Waals surface area (Å²) in [4.78, 5) is 15.7. The second-order valence-electron chi connectivity index (χ2n) is 5.35. The second kappa shape index (κ2) is 6.78. The molecule has 0 amide bonds. The van der Waals surface area contributed by atoms with Gasteiger partial charge in [-0.1, -0.05) is 18.2 Å². The van der Waals surface area contributed by atoms with E-state index < -0.39 is 0 Å². The highest BCUT2D eigenvalue weighted by atomic mass is 35.5. The lowest BCUT2D eigenvalue weighted by Gasteiger charge is -2.09. The van der Waals surface area contributed by atoms with Gasteiger partial charge < -0.3 is 15.0 Å². The first-order valence-electron chi connectivity index (χ1n) is 7.70. The van der Waals surface area contributed by atoms with E-state index in [0.29, 0.717) is 23.9 Å². The molecule has 0 saturated heterocycles. The van der Waals surface area contributed by atoms with Gasteiger partial charge in [0.2, 0.25) is 11.2 Å². The normalized spacial score (nSPS) is 10.8. The first-order valence-corrected chi connectivity index (χ1v) is 8.08. The van der Waals surface area contributed by atoms with Crippen molar-refractivity contribution in [1.82, 2.24) is 19.9 Å². The number of para-hydroxylation sites is 1. The van der Waals surface area contributed by atoms with Crippen molar-refractivity contribution in [2.45, 2.75) is 6.54 Å². The fourth-order valence-corrected chi connectivity index (χ4v) is 2.63. The van der Waals surface area contributed by atoms with E-state index in [1.807, 2.05) is 48.5 Å². The van der Waals surface area contributed by atoms with Gasteiger partial charge in [-0.25, -0.2) is 9.97 Å². The summed E-state index contributed by atoms with van der Waals surface area (Å²) in [5.41, 5.74) is 1.71. The number of rotatable bonds is 5. The molecule has 0 atom stereocenters. The number of hydrogen-bond donors (Lipinski definition) is 2. The topological polar surface area (TPSA) is 75.7 Å². The maximum absolute atomic E-state index is 5.97. The number of halogens is 1. The van der Waals surface area contributed by atoms with Crippen LogP contribution in [0.15, 0.2) is 60.9 Å². The third kappa shape index (κ3) is 3.54. The number of H-pyrrole nitrogens is 1. The van der Waals surface area contributed by atoms with Crippen molar-refractivity contribution in [3.8, 4) is 11.6 Å². The minimum atomic E-state index is 0.195. The lowest BCUT2D eigenvalue weighted by molar-refractivity contribution is 0.462. The van der Waals surface area contributed by atoms with Gasteiger partial charge in [0.15, 0.2) is 0 Å². The Morgan fingerprint density at radius 3 is 2.84 bits per heavy atom. The summed E-state index contributed by atoms with van der Waals surface area (Å²) < 4.78 is 5.76. The van der Waals surface area contributed by atoms with E-state index in [4.69, 9.17) is 16.3 Å². The highest BCUT2D eigenvalue weighted by molar-refractivity contribution is 6.28. The Hall–Kier alpha value is -3.12. The molecule has 3 heterocycles. The van der Waals surface area contributed by atoms with Gasteiger partial charge in [-0.3, -0.25) is 0 Å². The summed E-state index contributed by atoms with van der Waals surface area (Å²) in [6.07, 6.45) is 3.52. The first-order chi connectivity index (χ1) is 12.3. The number of aromatic nitrogens is 4. The molecule has 25 heavy (non-hydrogen) atoms. The van der Waals surface area contributed by atoms with Crippen molar-refractivity contribution in [2.75, 3.05) is 5.32 Å². The molecular weight excluding hydrogens is 338 g/mol. The summed E-state index contributed by atoms with van der Waals surface area (Å²) in [5, 5.41) is 4.37. The molecule has 2 N–H and O–H groups in total. The molecule has 0 fully saturated rings. The van der Waals surface area contributed by atoms with Crippen LogP contribution in [0.3, 0.4) is 0 Å². The maximum Gasteiger partial charge on any atom is 0.226 e. The quantitative estimate of drug-likeness (QED) is 0.521. The van der Waals surface area contributed by atoms with Gasteiger partial charge in [-0.05, 0) is 41.4 Å².